The van der Waals surface area contributed by atoms with E-state index in [2.05, 4.69) is 9.98 Å². The number of nitrogens with one attached hydrogen (secondary N) is 1. The second kappa shape index (κ2) is 5.47. The molecule has 0 aromatic rings. The van der Waals surface area contributed by atoms with Crippen LogP contribution in [0.2, 0.25) is 0 Å². The minimum atomic E-state index is -1.36. The summed E-state index contributed by atoms with van der Waals surface area (Å²) >= 11 is 0. The molecule has 0 saturated carbocycles. The Hall–Kier alpha value is -1.26. The highest BCUT2D eigenvalue weighted by molar-refractivity contribution is 5.99. The Bertz CT molecular complexity index is 240. The van der Waals surface area contributed by atoms with Crippen molar-refractivity contribution in [1.29, 1.82) is 5.41 Å². The molecule has 0 aliphatic heterocycles. The first-order chi connectivity index (χ1) is 6.40. The quantitative estimate of drug-likeness (QED) is 0.522. The van der Waals surface area contributed by atoms with E-state index in [1.807, 2.05) is 0 Å². The SMILES string of the molecule is CC(C=N)C(N=CN)=NCC(C)(C)F. The Balaban J connectivity index is 4.57. The highest BCUT2D eigenvalue weighted by Gasteiger charge is 2.15. The van der Waals surface area contributed by atoms with Gasteiger partial charge in [-0.3, -0.25) is 4.99 Å². The van der Waals surface area contributed by atoms with Crippen molar-refractivity contribution in [3.63, 3.8) is 0 Å². The van der Waals surface area contributed by atoms with Crippen LogP contribution in [0.4, 0.5) is 4.39 Å². The zero-order valence-electron chi connectivity index (χ0n) is 8.79. The van der Waals surface area contributed by atoms with E-state index in [0.29, 0.717) is 5.84 Å². The Morgan fingerprint density at radius 1 is 1.64 bits per heavy atom. The Morgan fingerprint density at radius 3 is 2.57 bits per heavy atom. The van der Waals surface area contributed by atoms with Crippen LogP contribution in [-0.2, 0) is 0 Å². The fourth-order valence-corrected chi connectivity index (χ4v) is 0.722. The molecule has 0 aromatic carbocycles. The highest BCUT2D eigenvalue weighted by Crippen LogP contribution is 2.09. The van der Waals surface area contributed by atoms with Crippen molar-refractivity contribution in [3.05, 3.63) is 0 Å². The van der Waals surface area contributed by atoms with E-state index < -0.39 is 5.67 Å². The molecule has 0 saturated heterocycles. The lowest BCUT2D eigenvalue weighted by molar-refractivity contribution is 0.228. The Morgan fingerprint density at radius 2 is 2.21 bits per heavy atom. The molecule has 4 nitrogen and oxygen atoms in total. The van der Waals surface area contributed by atoms with Gasteiger partial charge in [0.15, 0.2) is 0 Å². The van der Waals surface area contributed by atoms with Crippen molar-refractivity contribution in [1.82, 2.24) is 0 Å². The van der Waals surface area contributed by atoms with Crippen LogP contribution in [0.1, 0.15) is 20.8 Å². The summed E-state index contributed by atoms with van der Waals surface area (Å²) in [6.07, 6.45) is 2.29. The largest absolute Gasteiger partial charge is 0.390 e. The summed E-state index contributed by atoms with van der Waals surface area (Å²) in [4.78, 5) is 7.75. The third-order valence-corrected chi connectivity index (χ3v) is 1.48. The topological polar surface area (TPSA) is 74.6 Å². The van der Waals surface area contributed by atoms with Gasteiger partial charge in [0.25, 0.3) is 0 Å². The van der Waals surface area contributed by atoms with E-state index in [4.69, 9.17) is 11.1 Å². The molecule has 0 aliphatic carbocycles. The Labute approximate surface area is 83.6 Å². The molecule has 0 spiro atoms. The lowest BCUT2D eigenvalue weighted by Crippen LogP contribution is -2.20. The minimum absolute atomic E-state index is 0.0256. The average Bonchev–Trinajstić information content (AvgIpc) is 2.09. The normalized spacial score (nSPS) is 15.9. The van der Waals surface area contributed by atoms with E-state index in [0.717, 1.165) is 6.34 Å². The van der Waals surface area contributed by atoms with E-state index in [1.165, 1.54) is 20.1 Å². The average molecular weight is 200 g/mol. The minimum Gasteiger partial charge on any atom is -0.390 e. The van der Waals surface area contributed by atoms with Gasteiger partial charge in [-0.15, -0.1) is 0 Å². The van der Waals surface area contributed by atoms with Crippen LogP contribution in [0, 0.1) is 11.3 Å². The van der Waals surface area contributed by atoms with Gasteiger partial charge in [-0.25, -0.2) is 9.38 Å². The van der Waals surface area contributed by atoms with Crippen LogP contribution in [0.3, 0.4) is 0 Å². The number of rotatable bonds is 4. The van der Waals surface area contributed by atoms with Crippen LogP contribution < -0.4 is 5.73 Å². The molecule has 5 heteroatoms. The van der Waals surface area contributed by atoms with Gasteiger partial charge in [0, 0.05) is 6.21 Å². The van der Waals surface area contributed by atoms with Crippen LogP contribution in [-0.4, -0.2) is 30.6 Å². The second-order valence-electron chi connectivity index (χ2n) is 3.63. The molecule has 1 atom stereocenters. The molecule has 0 fully saturated rings. The summed E-state index contributed by atoms with van der Waals surface area (Å²) in [5.74, 6) is 0.144. The number of halogens is 1. The molecule has 80 valence electrons. The van der Waals surface area contributed by atoms with Crippen LogP contribution >= 0.6 is 0 Å². The van der Waals surface area contributed by atoms with E-state index >= 15 is 0 Å². The van der Waals surface area contributed by atoms with Gasteiger partial charge in [0.1, 0.15) is 11.5 Å². The van der Waals surface area contributed by atoms with Gasteiger partial charge in [0.05, 0.1) is 18.8 Å². The fourth-order valence-electron chi connectivity index (χ4n) is 0.722. The number of nitrogens with two attached hydrogens (primary N) is 1. The molecule has 0 bridgehead atoms. The molecule has 1 unspecified atom stereocenters. The standard InChI is InChI=1S/C9H17FN4/c1-7(4-11)8(14-6-12)13-5-9(2,3)10/h4,6-7,11H,5H2,1-3H3,(H2,12,13,14). The first-order valence-corrected chi connectivity index (χ1v) is 4.39. The maximum atomic E-state index is 13.1. The maximum absolute atomic E-state index is 13.1. The molecule has 3 N–H and O–H groups in total. The van der Waals surface area contributed by atoms with Gasteiger partial charge in [-0.1, -0.05) is 6.92 Å². The van der Waals surface area contributed by atoms with E-state index in [-0.39, 0.29) is 12.5 Å². The summed E-state index contributed by atoms with van der Waals surface area (Å²) in [6, 6.07) is 0. The van der Waals surface area contributed by atoms with E-state index in [1.54, 1.807) is 6.92 Å². The first-order valence-electron chi connectivity index (χ1n) is 4.39. The van der Waals surface area contributed by atoms with E-state index in [9.17, 15) is 4.39 Å². The highest BCUT2D eigenvalue weighted by atomic mass is 19.1. The summed E-state index contributed by atoms with van der Waals surface area (Å²) in [7, 11) is 0. The third-order valence-electron chi connectivity index (χ3n) is 1.48. The smallest absolute Gasteiger partial charge is 0.133 e. The number of hydrogen-bond donors (Lipinski definition) is 2. The number of hydrogen-bond acceptors (Lipinski definition) is 2. The summed E-state index contributed by atoms with van der Waals surface area (Å²) in [5.41, 5.74) is 3.76. The molecule has 0 heterocycles. The van der Waals surface area contributed by atoms with Crippen LogP contribution in [0.15, 0.2) is 9.98 Å². The monoisotopic (exact) mass is 200 g/mol. The summed E-state index contributed by atoms with van der Waals surface area (Å²) < 4.78 is 13.1. The van der Waals surface area contributed by atoms with Crippen molar-refractivity contribution in [2.24, 2.45) is 21.6 Å². The first kappa shape index (κ1) is 12.7. The second-order valence-corrected chi connectivity index (χ2v) is 3.63. The zero-order chi connectivity index (χ0) is 11.2. The van der Waals surface area contributed by atoms with Crippen molar-refractivity contribution in [3.8, 4) is 0 Å². The van der Waals surface area contributed by atoms with Crippen molar-refractivity contribution >= 4 is 18.4 Å². The maximum Gasteiger partial charge on any atom is 0.133 e. The van der Waals surface area contributed by atoms with Crippen LogP contribution in [0.25, 0.3) is 0 Å². The van der Waals surface area contributed by atoms with Gasteiger partial charge >= 0.3 is 0 Å². The van der Waals surface area contributed by atoms with Gasteiger partial charge in [-0.05, 0) is 13.8 Å². The molecule has 0 aromatic heterocycles. The van der Waals surface area contributed by atoms with Gasteiger partial charge in [-0.2, -0.15) is 0 Å². The lowest BCUT2D eigenvalue weighted by atomic mass is 10.1. The molecule has 0 rings (SSSR count). The lowest BCUT2D eigenvalue weighted by Gasteiger charge is -2.11. The van der Waals surface area contributed by atoms with Gasteiger partial charge < -0.3 is 11.1 Å². The van der Waals surface area contributed by atoms with Crippen molar-refractivity contribution < 1.29 is 4.39 Å². The van der Waals surface area contributed by atoms with Gasteiger partial charge in [0.2, 0.25) is 0 Å². The molecule has 0 aliphatic rings. The fraction of sp³-hybridized carbons (Fsp3) is 0.667. The van der Waals surface area contributed by atoms with Crippen molar-refractivity contribution in [2.45, 2.75) is 26.4 Å². The Kier molecular flexibility index (Phi) is 4.97. The molecule has 14 heavy (non-hydrogen) atoms. The predicted molar refractivity (Wildman–Crippen MR) is 58.1 cm³/mol. The van der Waals surface area contributed by atoms with Crippen molar-refractivity contribution in [2.75, 3.05) is 6.54 Å². The molecule has 0 amide bonds. The zero-order valence-corrected chi connectivity index (χ0v) is 8.79. The predicted octanol–water partition coefficient (Wildman–Crippen LogP) is 1.41. The summed E-state index contributed by atoms with van der Waals surface area (Å²) in [6.45, 7) is 4.66. The molecule has 0 radical (unpaired) electrons. The molecular formula is C9H17FN4. The number of alkyl halides is 1. The van der Waals surface area contributed by atoms with Crippen LogP contribution in [0.5, 0.6) is 0 Å². The summed E-state index contributed by atoms with van der Waals surface area (Å²) in [5, 5.41) is 7.04. The third kappa shape index (κ3) is 5.40. The number of amidine groups is 1. The number of aliphatic imine (C=N–C) groups is 2. The number of nitrogens with zero attached hydrogens (tertiary/aromatic N) is 2. The molecular weight excluding hydrogens is 183 g/mol.